The summed E-state index contributed by atoms with van der Waals surface area (Å²) in [5, 5.41) is 0. The van der Waals surface area contributed by atoms with Gasteiger partial charge in [-0.15, -0.1) is 0 Å². The Labute approximate surface area is 148 Å². The molecule has 0 saturated carbocycles. The summed E-state index contributed by atoms with van der Waals surface area (Å²) < 4.78 is 0. The van der Waals surface area contributed by atoms with Crippen molar-refractivity contribution in [2.75, 3.05) is 4.90 Å². The third kappa shape index (κ3) is 2.61. The van der Waals surface area contributed by atoms with Crippen molar-refractivity contribution in [3.63, 3.8) is 0 Å². The molecule has 0 fully saturated rings. The molecule has 0 aromatic heterocycles. The van der Waals surface area contributed by atoms with Crippen molar-refractivity contribution >= 4 is 28.8 Å². The summed E-state index contributed by atoms with van der Waals surface area (Å²) in [7, 11) is 0. The highest BCUT2D eigenvalue weighted by Gasteiger charge is 2.24. The van der Waals surface area contributed by atoms with Crippen LogP contribution in [0.15, 0.2) is 82.6 Å². The van der Waals surface area contributed by atoms with E-state index in [1.54, 1.807) is 0 Å². The molecule has 3 aromatic carbocycles. The molecule has 0 spiro atoms. The van der Waals surface area contributed by atoms with Crippen LogP contribution in [-0.2, 0) is 0 Å². The minimum Gasteiger partial charge on any atom is -0.308 e. The van der Waals surface area contributed by atoms with Crippen molar-refractivity contribution < 1.29 is 0 Å². The van der Waals surface area contributed by atoms with Crippen LogP contribution in [-0.4, -0.2) is 0 Å². The van der Waals surface area contributed by atoms with E-state index in [1.165, 1.54) is 38.8 Å². The largest absolute Gasteiger partial charge is 0.308 e. The van der Waals surface area contributed by atoms with E-state index < -0.39 is 0 Å². The molecule has 120 valence electrons. The minimum absolute atomic E-state index is 0.607. The normalized spacial score (nSPS) is 14.0. The van der Waals surface area contributed by atoms with Crippen molar-refractivity contribution in [3.8, 4) is 0 Å². The molecular weight excluding hydrogens is 310 g/mol. The predicted molar refractivity (Wildman–Crippen MR) is 104 cm³/mol. The highest BCUT2D eigenvalue weighted by molar-refractivity contribution is 7.99. The number of para-hydroxylation sites is 2. The van der Waals surface area contributed by atoms with E-state index in [9.17, 15) is 0 Å². The first-order chi connectivity index (χ1) is 11.8. The van der Waals surface area contributed by atoms with Crippen LogP contribution in [0.3, 0.4) is 0 Å². The Kier molecular flexibility index (Phi) is 4.07. The Balaban J connectivity index is 1.83. The van der Waals surface area contributed by atoms with Crippen LogP contribution in [0.2, 0.25) is 0 Å². The van der Waals surface area contributed by atoms with Gasteiger partial charge in [0.25, 0.3) is 0 Å². The molecule has 1 aliphatic heterocycles. The van der Waals surface area contributed by atoms with Crippen LogP contribution in [0.5, 0.6) is 0 Å². The maximum absolute atomic E-state index is 2.38. The van der Waals surface area contributed by atoms with Crippen LogP contribution >= 0.6 is 11.8 Å². The molecule has 24 heavy (non-hydrogen) atoms. The molecule has 1 heterocycles. The van der Waals surface area contributed by atoms with E-state index in [0.29, 0.717) is 5.92 Å². The second kappa shape index (κ2) is 6.37. The smallest absolute Gasteiger partial charge is 0.0601 e. The summed E-state index contributed by atoms with van der Waals surface area (Å²) in [4.78, 5) is 4.99. The van der Waals surface area contributed by atoms with Gasteiger partial charge < -0.3 is 4.90 Å². The Morgan fingerprint density at radius 1 is 0.792 bits per heavy atom. The number of anilines is 3. The Bertz CT molecular complexity index is 808. The number of hydrogen-bond donors (Lipinski definition) is 0. The van der Waals surface area contributed by atoms with Crippen LogP contribution in [0, 0.1) is 0 Å². The zero-order valence-electron chi connectivity index (χ0n) is 14.1. The second-order valence-electron chi connectivity index (χ2n) is 6.27. The average Bonchev–Trinajstić information content (AvgIpc) is 2.65. The first-order valence-corrected chi connectivity index (χ1v) is 9.35. The molecular formula is C22H21NS. The number of nitrogens with zero attached hydrogens (tertiary/aromatic N) is 1. The first-order valence-electron chi connectivity index (χ1n) is 8.54. The highest BCUT2D eigenvalue weighted by Crippen LogP contribution is 2.51. The van der Waals surface area contributed by atoms with Gasteiger partial charge in [0.2, 0.25) is 0 Å². The van der Waals surface area contributed by atoms with Gasteiger partial charge in [-0.2, -0.15) is 0 Å². The van der Waals surface area contributed by atoms with Gasteiger partial charge in [-0.25, -0.2) is 0 Å². The van der Waals surface area contributed by atoms with Gasteiger partial charge in [-0.3, -0.25) is 0 Å². The quantitative estimate of drug-likeness (QED) is 0.392. The zero-order chi connectivity index (χ0) is 16.5. The minimum atomic E-state index is 0.607. The average molecular weight is 331 g/mol. The highest BCUT2D eigenvalue weighted by atomic mass is 32.2. The van der Waals surface area contributed by atoms with E-state index in [1.807, 2.05) is 11.8 Å². The van der Waals surface area contributed by atoms with E-state index in [4.69, 9.17) is 0 Å². The molecule has 0 aliphatic carbocycles. The van der Waals surface area contributed by atoms with Crippen LogP contribution in [0.25, 0.3) is 0 Å². The van der Waals surface area contributed by atoms with Crippen LogP contribution in [0.4, 0.5) is 17.1 Å². The summed E-state index contributed by atoms with van der Waals surface area (Å²) in [5.74, 6) is 0.607. The fourth-order valence-corrected chi connectivity index (χ4v) is 4.23. The van der Waals surface area contributed by atoms with Gasteiger partial charge in [0, 0.05) is 15.5 Å². The number of rotatable bonds is 3. The second-order valence-corrected chi connectivity index (χ2v) is 7.36. The Morgan fingerprint density at radius 3 is 1.88 bits per heavy atom. The molecule has 1 aliphatic rings. The van der Waals surface area contributed by atoms with Crippen LogP contribution in [0.1, 0.15) is 31.7 Å². The number of fused-ring (bicyclic) bond motifs is 2. The number of hydrogen-bond acceptors (Lipinski definition) is 2. The van der Waals surface area contributed by atoms with Gasteiger partial charge in [0.05, 0.1) is 11.4 Å². The van der Waals surface area contributed by atoms with Gasteiger partial charge in [-0.05, 0) is 54.3 Å². The van der Waals surface area contributed by atoms with E-state index in [-0.39, 0.29) is 0 Å². The fourth-order valence-electron chi connectivity index (χ4n) is 3.17. The third-order valence-electron chi connectivity index (χ3n) is 4.76. The first kappa shape index (κ1) is 15.3. The fraction of sp³-hybridized carbons (Fsp3) is 0.182. The Morgan fingerprint density at radius 2 is 1.33 bits per heavy atom. The topological polar surface area (TPSA) is 3.24 Å². The monoisotopic (exact) mass is 331 g/mol. The lowest BCUT2D eigenvalue weighted by Gasteiger charge is -2.33. The lowest BCUT2D eigenvalue weighted by Crippen LogP contribution is -2.14. The summed E-state index contributed by atoms with van der Waals surface area (Å²) in [6.45, 7) is 4.53. The SMILES string of the molecule is CCC(C)c1ccc(N2c3ccccc3Sc3ccccc32)cc1. The van der Waals surface area contributed by atoms with Gasteiger partial charge in [-0.1, -0.05) is 62.0 Å². The van der Waals surface area contributed by atoms with Gasteiger partial charge >= 0.3 is 0 Å². The van der Waals surface area contributed by atoms with Crippen molar-refractivity contribution in [2.45, 2.75) is 36.0 Å². The van der Waals surface area contributed by atoms with E-state index in [0.717, 1.165) is 0 Å². The zero-order valence-corrected chi connectivity index (χ0v) is 14.9. The lowest BCUT2D eigenvalue weighted by atomic mass is 9.98. The van der Waals surface area contributed by atoms with Crippen LogP contribution < -0.4 is 4.90 Å². The van der Waals surface area contributed by atoms with Crippen molar-refractivity contribution in [3.05, 3.63) is 78.4 Å². The van der Waals surface area contributed by atoms with Crippen molar-refractivity contribution in [1.82, 2.24) is 0 Å². The molecule has 2 heteroatoms. The molecule has 3 aromatic rings. The van der Waals surface area contributed by atoms with E-state index in [2.05, 4.69) is 91.5 Å². The van der Waals surface area contributed by atoms with Crippen molar-refractivity contribution in [2.24, 2.45) is 0 Å². The number of benzene rings is 3. The third-order valence-corrected chi connectivity index (χ3v) is 5.90. The van der Waals surface area contributed by atoms with Crippen molar-refractivity contribution in [1.29, 1.82) is 0 Å². The van der Waals surface area contributed by atoms with E-state index >= 15 is 0 Å². The maximum Gasteiger partial charge on any atom is 0.0601 e. The summed E-state index contributed by atoms with van der Waals surface area (Å²) >= 11 is 1.85. The molecule has 0 N–H and O–H groups in total. The lowest BCUT2D eigenvalue weighted by molar-refractivity contribution is 0.733. The molecule has 0 amide bonds. The summed E-state index contributed by atoms with van der Waals surface area (Å²) in [6.07, 6.45) is 1.17. The Hall–Kier alpha value is -2.19. The molecule has 0 radical (unpaired) electrons. The molecule has 1 unspecified atom stereocenters. The maximum atomic E-state index is 2.38. The summed E-state index contributed by atoms with van der Waals surface area (Å²) in [5.41, 5.74) is 5.16. The molecule has 0 bridgehead atoms. The summed E-state index contributed by atoms with van der Waals surface area (Å²) in [6, 6.07) is 26.4. The predicted octanol–water partition coefficient (Wildman–Crippen LogP) is 7.13. The molecule has 4 rings (SSSR count). The molecule has 1 atom stereocenters. The molecule has 1 nitrogen and oxygen atoms in total. The molecule has 0 saturated heterocycles. The standard InChI is InChI=1S/C22H21NS/c1-3-16(2)17-12-14-18(15-13-17)23-19-8-4-6-10-21(19)24-22-11-7-5-9-20(22)23/h4-16H,3H2,1-2H3. The van der Waals surface area contributed by atoms with Gasteiger partial charge in [0.15, 0.2) is 0 Å². The van der Waals surface area contributed by atoms with Gasteiger partial charge in [0.1, 0.15) is 0 Å².